The molecule has 0 N–H and O–H groups in total. The molecule has 0 heterocycles. The molecule has 98 valence electrons. The second-order valence-electron chi connectivity index (χ2n) is 4.29. The highest BCUT2D eigenvalue weighted by molar-refractivity contribution is 6.00. The van der Waals surface area contributed by atoms with Gasteiger partial charge in [-0.1, -0.05) is 12.1 Å². The Morgan fingerprint density at radius 3 is 2.32 bits per heavy atom. The molecule has 0 saturated carbocycles. The van der Waals surface area contributed by atoms with Gasteiger partial charge in [-0.2, -0.15) is 0 Å². The van der Waals surface area contributed by atoms with Gasteiger partial charge < -0.3 is 4.90 Å². The van der Waals surface area contributed by atoms with Crippen molar-refractivity contribution in [2.24, 2.45) is 0 Å². The van der Waals surface area contributed by atoms with Crippen LogP contribution in [0, 0.1) is 5.82 Å². The fraction of sp³-hybridized carbons (Fsp3) is 0.188. The van der Waals surface area contributed by atoms with Gasteiger partial charge in [0, 0.05) is 17.8 Å². The smallest absolute Gasteiger partial charge is 0.161 e. The Labute approximate surface area is 112 Å². The van der Waals surface area contributed by atoms with Crippen LogP contribution in [0.5, 0.6) is 0 Å². The Morgan fingerprint density at radius 2 is 1.74 bits per heavy atom. The number of nitrogens with zero attached hydrogens (tertiary/aromatic N) is 1. The number of hydrogen-bond donors (Lipinski definition) is 0. The largest absolute Gasteiger partial charge is 0.341 e. The summed E-state index contributed by atoms with van der Waals surface area (Å²) < 4.78 is 13.0. The van der Waals surface area contributed by atoms with Crippen molar-refractivity contribution >= 4 is 17.2 Å². The van der Waals surface area contributed by atoms with Gasteiger partial charge in [-0.3, -0.25) is 4.79 Å². The summed E-state index contributed by atoms with van der Waals surface area (Å²) in [5.74, 6) is -0.240. The lowest BCUT2D eigenvalue weighted by Gasteiger charge is -2.25. The normalized spacial score (nSPS) is 10.3. The van der Waals surface area contributed by atoms with E-state index in [4.69, 9.17) is 0 Å². The summed E-state index contributed by atoms with van der Waals surface area (Å²) in [6.45, 7) is 4.26. The molecule has 0 fully saturated rings. The van der Waals surface area contributed by atoms with Gasteiger partial charge in [0.25, 0.3) is 0 Å². The first kappa shape index (κ1) is 13.3. The van der Waals surface area contributed by atoms with Crippen LogP contribution in [0.2, 0.25) is 0 Å². The van der Waals surface area contributed by atoms with Crippen molar-refractivity contribution in [2.45, 2.75) is 13.8 Å². The first-order chi connectivity index (χ1) is 9.13. The van der Waals surface area contributed by atoms with Gasteiger partial charge in [0.2, 0.25) is 0 Å². The number of para-hydroxylation sites is 1. The number of halogens is 1. The molecule has 0 aromatic heterocycles. The van der Waals surface area contributed by atoms with Crippen LogP contribution in [0.25, 0.3) is 0 Å². The molecule has 0 bridgehead atoms. The minimum absolute atomic E-state index is 0.0242. The van der Waals surface area contributed by atoms with Crippen LogP contribution < -0.4 is 4.90 Å². The summed E-state index contributed by atoms with van der Waals surface area (Å²) in [6.07, 6.45) is 0. The number of Topliss-reactive ketones (excluding diaryl/α,β-unsaturated/α-hetero) is 1. The number of hydrogen-bond acceptors (Lipinski definition) is 2. The van der Waals surface area contributed by atoms with Crippen molar-refractivity contribution in [1.82, 2.24) is 0 Å². The van der Waals surface area contributed by atoms with Crippen molar-refractivity contribution in [3.8, 4) is 0 Å². The van der Waals surface area contributed by atoms with Gasteiger partial charge >= 0.3 is 0 Å². The second-order valence-corrected chi connectivity index (χ2v) is 4.29. The van der Waals surface area contributed by atoms with Crippen molar-refractivity contribution < 1.29 is 9.18 Å². The molecule has 2 nitrogen and oxygen atoms in total. The third kappa shape index (κ3) is 2.81. The molecule has 3 heteroatoms. The lowest BCUT2D eigenvalue weighted by molar-refractivity contribution is 0.101. The summed E-state index contributed by atoms with van der Waals surface area (Å²) in [5.41, 5.74) is 2.40. The Balaban J connectivity index is 2.48. The van der Waals surface area contributed by atoms with E-state index in [1.807, 2.05) is 36.1 Å². The summed E-state index contributed by atoms with van der Waals surface area (Å²) in [6, 6.07) is 13.7. The fourth-order valence-electron chi connectivity index (χ4n) is 2.12. The molecule has 2 rings (SSSR count). The maximum Gasteiger partial charge on any atom is 0.161 e. The van der Waals surface area contributed by atoms with E-state index in [0.29, 0.717) is 12.1 Å². The van der Waals surface area contributed by atoms with Gasteiger partial charge in [-0.25, -0.2) is 4.39 Å². The molecular formula is C16H16FNO. The van der Waals surface area contributed by atoms with Gasteiger partial charge in [0.15, 0.2) is 5.78 Å². The lowest BCUT2D eigenvalue weighted by Crippen LogP contribution is -2.18. The quantitative estimate of drug-likeness (QED) is 0.765. The van der Waals surface area contributed by atoms with Crippen molar-refractivity contribution in [1.29, 1.82) is 0 Å². The van der Waals surface area contributed by atoms with Crippen LogP contribution in [0.15, 0.2) is 48.5 Å². The zero-order valence-corrected chi connectivity index (χ0v) is 11.1. The molecule has 0 saturated heterocycles. The molecular weight excluding hydrogens is 241 g/mol. The van der Waals surface area contributed by atoms with E-state index in [0.717, 1.165) is 11.4 Å². The van der Waals surface area contributed by atoms with Crippen LogP contribution in [0.1, 0.15) is 24.2 Å². The van der Waals surface area contributed by atoms with Gasteiger partial charge in [-0.15, -0.1) is 0 Å². The predicted molar refractivity (Wildman–Crippen MR) is 75.5 cm³/mol. The van der Waals surface area contributed by atoms with Crippen LogP contribution >= 0.6 is 0 Å². The van der Waals surface area contributed by atoms with E-state index in [2.05, 4.69) is 0 Å². The molecule has 0 radical (unpaired) electrons. The molecule has 2 aromatic rings. The average Bonchev–Trinajstić information content (AvgIpc) is 2.42. The molecule has 0 aliphatic carbocycles. The van der Waals surface area contributed by atoms with Crippen molar-refractivity contribution in [3.63, 3.8) is 0 Å². The number of anilines is 2. The zero-order valence-electron chi connectivity index (χ0n) is 11.1. The molecule has 0 aliphatic rings. The molecule has 0 amide bonds. The minimum atomic E-state index is -0.264. The first-order valence-corrected chi connectivity index (χ1v) is 6.26. The highest BCUT2D eigenvalue weighted by Crippen LogP contribution is 2.28. The molecule has 0 spiro atoms. The third-order valence-corrected chi connectivity index (χ3v) is 3.03. The molecule has 0 unspecified atom stereocenters. The zero-order chi connectivity index (χ0) is 13.8. The van der Waals surface area contributed by atoms with Gasteiger partial charge in [0.1, 0.15) is 5.82 Å². The molecule has 2 aromatic carbocycles. The topological polar surface area (TPSA) is 20.3 Å². The average molecular weight is 257 g/mol. The highest BCUT2D eigenvalue weighted by Gasteiger charge is 2.13. The summed E-state index contributed by atoms with van der Waals surface area (Å²) >= 11 is 0. The van der Waals surface area contributed by atoms with E-state index >= 15 is 0 Å². The molecule has 19 heavy (non-hydrogen) atoms. The maximum absolute atomic E-state index is 13.0. The number of rotatable bonds is 4. The summed E-state index contributed by atoms with van der Waals surface area (Å²) in [7, 11) is 0. The van der Waals surface area contributed by atoms with Gasteiger partial charge in [-0.05, 0) is 50.2 Å². The maximum atomic E-state index is 13.0. The minimum Gasteiger partial charge on any atom is -0.341 e. The van der Waals surface area contributed by atoms with E-state index in [1.165, 1.54) is 12.1 Å². The Bertz CT molecular complexity index is 578. The Kier molecular flexibility index (Phi) is 3.95. The lowest BCUT2D eigenvalue weighted by atomic mass is 10.1. The summed E-state index contributed by atoms with van der Waals surface area (Å²) in [5, 5.41) is 0. The van der Waals surface area contributed by atoms with E-state index < -0.39 is 0 Å². The first-order valence-electron chi connectivity index (χ1n) is 6.26. The third-order valence-electron chi connectivity index (χ3n) is 3.03. The fourth-order valence-corrected chi connectivity index (χ4v) is 2.12. The Hall–Kier alpha value is -2.16. The number of carbonyl (C=O) groups is 1. The van der Waals surface area contributed by atoms with E-state index in [9.17, 15) is 9.18 Å². The predicted octanol–water partition coefficient (Wildman–Crippen LogP) is 4.19. The molecule has 0 atom stereocenters. The standard InChI is InChI=1S/C16H16FNO/c1-3-18(14-10-8-13(17)9-11-14)16-7-5-4-6-15(16)12(2)19/h4-11H,3H2,1-2H3. The van der Waals surface area contributed by atoms with Crippen LogP contribution in [0.3, 0.4) is 0 Å². The SMILES string of the molecule is CCN(c1ccc(F)cc1)c1ccccc1C(C)=O. The van der Waals surface area contributed by atoms with Gasteiger partial charge in [0.05, 0.1) is 5.69 Å². The van der Waals surface area contributed by atoms with E-state index in [-0.39, 0.29) is 11.6 Å². The van der Waals surface area contributed by atoms with Crippen LogP contribution in [0.4, 0.5) is 15.8 Å². The van der Waals surface area contributed by atoms with Crippen LogP contribution in [-0.4, -0.2) is 12.3 Å². The van der Waals surface area contributed by atoms with Crippen molar-refractivity contribution in [2.75, 3.05) is 11.4 Å². The van der Waals surface area contributed by atoms with E-state index in [1.54, 1.807) is 19.1 Å². The monoisotopic (exact) mass is 257 g/mol. The number of ketones is 1. The summed E-state index contributed by atoms with van der Waals surface area (Å²) in [4.78, 5) is 13.7. The Morgan fingerprint density at radius 1 is 1.11 bits per heavy atom. The second kappa shape index (κ2) is 5.65. The number of benzene rings is 2. The molecule has 0 aliphatic heterocycles. The van der Waals surface area contributed by atoms with Crippen molar-refractivity contribution in [3.05, 3.63) is 59.9 Å². The van der Waals surface area contributed by atoms with Crippen LogP contribution in [-0.2, 0) is 0 Å². The number of carbonyl (C=O) groups excluding carboxylic acids is 1. The highest BCUT2D eigenvalue weighted by atomic mass is 19.1.